The van der Waals surface area contributed by atoms with Crippen LogP contribution in [0.3, 0.4) is 0 Å². The summed E-state index contributed by atoms with van der Waals surface area (Å²) in [7, 11) is 2.97. The first-order chi connectivity index (χ1) is 11.3. The van der Waals surface area contributed by atoms with E-state index in [4.69, 9.17) is 19.5 Å². The molecular formula is C18H22N2O4. The molecule has 0 bridgehead atoms. The van der Waals surface area contributed by atoms with Crippen molar-refractivity contribution in [3.63, 3.8) is 0 Å². The number of methoxy groups -OCH3 is 2. The zero-order valence-electron chi connectivity index (χ0n) is 14.6. The summed E-state index contributed by atoms with van der Waals surface area (Å²) >= 11 is 0. The average molecular weight is 330 g/mol. The van der Waals surface area contributed by atoms with Gasteiger partial charge < -0.3 is 19.5 Å². The van der Waals surface area contributed by atoms with Crippen LogP contribution in [0.1, 0.15) is 26.3 Å². The molecule has 6 heteroatoms. The number of ether oxygens (including phenoxy) is 3. The van der Waals surface area contributed by atoms with E-state index in [0.29, 0.717) is 17.1 Å². The Morgan fingerprint density at radius 2 is 1.96 bits per heavy atom. The first kappa shape index (κ1) is 19.3. The molecule has 1 rings (SSSR count). The van der Waals surface area contributed by atoms with Gasteiger partial charge in [-0.2, -0.15) is 5.26 Å². The number of carbonyl (C=O) groups is 1. The normalized spacial score (nSPS) is 11.5. The van der Waals surface area contributed by atoms with Gasteiger partial charge in [-0.3, -0.25) is 4.79 Å². The molecule has 1 aromatic rings. The Hall–Kier alpha value is -2.70. The summed E-state index contributed by atoms with van der Waals surface area (Å²) in [5.74, 6) is 6.15. The zero-order chi connectivity index (χ0) is 18.2. The molecule has 1 aromatic carbocycles. The lowest BCUT2D eigenvalue weighted by Crippen LogP contribution is -2.50. The van der Waals surface area contributed by atoms with Crippen molar-refractivity contribution in [1.82, 2.24) is 5.32 Å². The Bertz CT molecular complexity index is 680. The smallest absolute Gasteiger partial charge is 0.264 e. The summed E-state index contributed by atoms with van der Waals surface area (Å²) in [5, 5.41) is 11.9. The van der Waals surface area contributed by atoms with E-state index in [2.05, 4.69) is 17.2 Å². The molecule has 0 fully saturated rings. The molecule has 0 aliphatic heterocycles. The summed E-state index contributed by atoms with van der Waals surface area (Å²) in [6, 6.07) is 6.75. The van der Waals surface area contributed by atoms with Gasteiger partial charge in [0.05, 0.1) is 30.9 Å². The van der Waals surface area contributed by atoms with E-state index >= 15 is 0 Å². The molecule has 0 aliphatic carbocycles. The first-order valence-electron chi connectivity index (χ1n) is 7.36. The van der Waals surface area contributed by atoms with Gasteiger partial charge in [0.1, 0.15) is 11.5 Å². The van der Waals surface area contributed by atoms with Crippen molar-refractivity contribution in [2.75, 3.05) is 20.8 Å². The van der Waals surface area contributed by atoms with Crippen LogP contribution in [0, 0.1) is 23.2 Å². The minimum atomic E-state index is -0.883. The third-order valence-electron chi connectivity index (χ3n) is 3.01. The van der Waals surface area contributed by atoms with Crippen molar-refractivity contribution >= 4 is 5.91 Å². The second-order valence-corrected chi connectivity index (χ2v) is 5.56. The van der Waals surface area contributed by atoms with Gasteiger partial charge in [-0.05, 0) is 32.9 Å². The van der Waals surface area contributed by atoms with Gasteiger partial charge in [0, 0.05) is 13.2 Å². The van der Waals surface area contributed by atoms with Gasteiger partial charge in [-0.25, -0.2) is 0 Å². The summed E-state index contributed by atoms with van der Waals surface area (Å²) < 4.78 is 15.9. The highest BCUT2D eigenvalue weighted by Crippen LogP contribution is 2.23. The van der Waals surface area contributed by atoms with Crippen molar-refractivity contribution in [2.45, 2.75) is 32.4 Å². The van der Waals surface area contributed by atoms with Crippen molar-refractivity contribution in [3.8, 4) is 29.4 Å². The van der Waals surface area contributed by atoms with Gasteiger partial charge in [0.15, 0.2) is 6.10 Å². The molecule has 0 aliphatic rings. The molecule has 128 valence electrons. The van der Waals surface area contributed by atoms with Crippen molar-refractivity contribution in [1.29, 1.82) is 5.26 Å². The van der Waals surface area contributed by atoms with Gasteiger partial charge in [0.2, 0.25) is 0 Å². The van der Waals surface area contributed by atoms with E-state index in [1.807, 2.05) is 6.07 Å². The van der Waals surface area contributed by atoms with E-state index in [9.17, 15) is 4.79 Å². The van der Waals surface area contributed by atoms with Crippen LogP contribution in [-0.4, -0.2) is 38.4 Å². The highest BCUT2D eigenvalue weighted by Gasteiger charge is 2.26. The third kappa shape index (κ3) is 5.83. The molecule has 0 spiro atoms. The van der Waals surface area contributed by atoms with Crippen LogP contribution in [0.5, 0.6) is 11.5 Å². The van der Waals surface area contributed by atoms with Gasteiger partial charge in [-0.15, -0.1) is 5.92 Å². The fourth-order valence-electron chi connectivity index (χ4n) is 2.03. The molecule has 0 radical (unpaired) electrons. The molecule has 0 saturated carbocycles. The standard InChI is InChI=1S/C18H22N2O4/c1-6-7-18(2,3)20-17(21)16(12-22-4)24-15-9-13(11-19)8-14(10-15)23-5/h8-10,16H,12H2,1-5H3,(H,20,21). The molecule has 1 atom stereocenters. The van der Waals surface area contributed by atoms with E-state index < -0.39 is 11.6 Å². The minimum Gasteiger partial charge on any atom is -0.497 e. The predicted molar refractivity (Wildman–Crippen MR) is 89.7 cm³/mol. The van der Waals surface area contributed by atoms with E-state index in [1.165, 1.54) is 20.3 Å². The number of amides is 1. The maximum Gasteiger partial charge on any atom is 0.264 e. The highest BCUT2D eigenvalue weighted by molar-refractivity contribution is 5.82. The molecular weight excluding hydrogens is 308 g/mol. The number of carbonyl (C=O) groups excluding carboxylic acids is 1. The lowest BCUT2D eigenvalue weighted by atomic mass is 10.1. The third-order valence-corrected chi connectivity index (χ3v) is 3.01. The van der Waals surface area contributed by atoms with E-state index in [0.717, 1.165) is 0 Å². The fourth-order valence-corrected chi connectivity index (χ4v) is 2.03. The molecule has 1 unspecified atom stereocenters. The van der Waals surface area contributed by atoms with E-state index in [1.54, 1.807) is 32.9 Å². The molecule has 0 saturated heterocycles. The monoisotopic (exact) mass is 330 g/mol. The Labute approximate surface area is 142 Å². The quantitative estimate of drug-likeness (QED) is 0.772. The number of hydrogen-bond acceptors (Lipinski definition) is 5. The van der Waals surface area contributed by atoms with Crippen molar-refractivity contribution in [3.05, 3.63) is 23.8 Å². The summed E-state index contributed by atoms with van der Waals surface area (Å²) in [5.41, 5.74) is -0.314. The predicted octanol–water partition coefficient (Wildman–Crippen LogP) is 1.88. The number of hydrogen-bond donors (Lipinski definition) is 1. The molecule has 24 heavy (non-hydrogen) atoms. The maximum absolute atomic E-state index is 12.5. The average Bonchev–Trinajstić information content (AvgIpc) is 2.53. The number of nitrogens with one attached hydrogen (secondary N) is 1. The minimum absolute atomic E-state index is 0.0561. The molecule has 1 N–H and O–H groups in total. The largest absolute Gasteiger partial charge is 0.497 e. The van der Waals surface area contributed by atoms with Crippen LogP contribution in [0.25, 0.3) is 0 Å². The Morgan fingerprint density at radius 1 is 1.29 bits per heavy atom. The lowest BCUT2D eigenvalue weighted by Gasteiger charge is -2.24. The van der Waals surface area contributed by atoms with Gasteiger partial charge in [0.25, 0.3) is 5.91 Å². The Morgan fingerprint density at radius 3 is 2.50 bits per heavy atom. The van der Waals surface area contributed by atoms with Crippen LogP contribution in [0.2, 0.25) is 0 Å². The number of nitrogens with zero attached hydrogens (tertiary/aromatic N) is 1. The number of nitriles is 1. The second-order valence-electron chi connectivity index (χ2n) is 5.56. The first-order valence-corrected chi connectivity index (χ1v) is 7.36. The summed E-state index contributed by atoms with van der Waals surface area (Å²) in [6.07, 6.45) is -0.883. The fraction of sp³-hybridized carbons (Fsp3) is 0.444. The molecule has 0 heterocycles. The van der Waals surface area contributed by atoms with Crippen LogP contribution < -0.4 is 14.8 Å². The van der Waals surface area contributed by atoms with Crippen LogP contribution >= 0.6 is 0 Å². The topological polar surface area (TPSA) is 80.6 Å². The molecule has 0 aromatic heterocycles. The highest BCUT2D eigenvalue weighted by atomic mass is 16.5. The Kier molecular flexibility index (Phi) is 7.10. The zero-order valence-corrected chi connectivity index (χ0v) is 14.6. The van der Waals surface area contributed by atoms with Gasteiger partial charge in [-0.1, -0.05) is 5.92 Å². The molecule has 6 nitrogen and oxygen atoms in total. The molecule has 1 amide bonds. The van der Waals surface area contributed by atoms with Crippen LogP contribution in [0.15, 0.2) is 18.2 Å². The van der Waals surface area contributed by atoms with Crippen molar-refractivity contribution in [2.24, 2.45) is 0 Å². The van der Waals surface area contributed by atoms with Gasteiger partial charge >= 0.3 is 0 Å². The van der Waals surface area contributed by atoms with Crippen molar-refractivity contribution < 1.29 is 19.0 Å². The summed E-state index contributed by atoms with van der Waals surface area (Å²) in [4.78, 5) is 12.5. The van der Waals surface area contributed by atoms with Crippen LogP contribution in [0.4, 0.5) is 0 Å². The maximum atomic E-state index is 12.5. The van der Waals surface area contributed by atoms with Crippen LogP contribution in [-0.2, 0) is 9.53 Å². The second kappa shape index (κ2) is 8.81. The number of rotatable bonds is 7. The summed E-state index contributed by atoms with van der Waals surface area (Å²) in [6.45, 7) is 5.35. The Balaban J connectivity index is 2.99. The SMILES string of the molecule is CC#CC(C)(C)NC(=O)C(COC)Oc1cc(C#N)cc(OC)c1. The lowest BCUT2D eigenvalue weighted by molar-refractivity contribution is -0.131. The van der Waals surface area contributed by atoms with E-state index in [-0.39, 0.29) is 12.5 Å². The number of benzene rings is 1.